The van der Waals surface area contributed by atoms with E-state index in [1.807, 2.05) is 25.1 Å². The first kappa shape index (κ1) is 10.6. The highest BCUT2D eigenvalue weighted by atomic mass is 16.3. The van der Waals surface area contributed by atoms with Crippen LogP contribution in [-0.2, 0) is 0 Å². The summed E-state index contributed by atoms with van der Waals surface area (Å²) in [6.45, 7) is 3.10. The van der Waals surface area contributed by atoms with Crippen LogP contribution in [0.2, 0.25) is 0 Å². The van der Waals surface area contributed by atoms with Gasteiger partial charge in [-0.3, -0.25) is 0 Å². The van der Waals surface area contributed by atoms with Crippen LogP contribution in [0.25, 0.3) is 11.5 Å². The van der Waals surface area contributed by atoms with Gasteiger partial charge in [-0.25, -0.2) is 9.97 Å². The van der Waals surface area contributed by atoms with Crippen LogP contribution in [0.5, 0.6) is 0 Å². The van der Waals surface area contributed by atoms with Crippen molar-refractivity contribution in [3.8, 4) is 11.5 Å². The maximum atomic E-state index is 5.49. The van der Waals surface area contributed by atoms with Crippen LogP contribution in [0.15, 0.2) is 28.8 Å². The fourth-order valence-electron chi connectivity index (χ4n) is 1.34. The van der Waals surface area contributed by atoms with Gasteiger partial charge in [0.25, 0.3) is 0 Å². The normalized spacial score (nSPS) is 10.4. The zero-order valence-electron chi connectivity index (χ0n) is 9.10. The predicted molar refractivity (Wildman–Crippen MR) is 62.0 cm³/mol. The van der Waals surface area contributed by atoms with E-state index in [2.05, 4.69) is 15.3 Å². The Hall–Kier alpha value is -1.88. The largest absolute Gasteiger partial charge is 0.460 e. The first-order valence-corrected chi connectivity index (χ1v) is 5.13. The maximum Gasteiger partial charge on any atom is 0.223 e. The minimum Gasteiger partial charge on any atom is -0.460 e. The quantitative estimate of drug-likeness (QED) is 0.811. The SMILES string of the molecule is Cc1ccc(-c2ccnc(NCCN)n2)o1. The minimum absolute atomic E-state index is 0.549. The molecule has 0 aliphatic rings. The van der Waals surface area contributed by atoms with Gasteiger partial charge in [0.05, 0.1) is 0 Å². The molecular weight excluding hydrogens is 204 g/mol. The average molecular weight is 218 g/mol. The molecule has 2 heterocycles. The summed E-state index contributed by atoms with van der Waals surface area (Å²) in [5.41, 5.74) is 6.16. The molecule has 5 heteroatoms. The van der Waals surface area contributed by atoms with Crippen LogP contribution in [0.1, 0.15) is 5.76 Å². The molecule has 0 aliphatic heterocycles. The molecule has 2 aromatic heterocycles. The third kappa shape index (κ3) is 2.38. The Kier molecular flexibility index (Phi) is 3.16. The molecule has 0 amide bonds. The van der Waals surface area contributed by atoms with Crippen molar-refractivity contribution in [2.45, 2.75) is 6.92 Å². The summed E-state index contributed by atoms with van der Waals surface area (Å²) in [4.78, 5) is 8.41. The van der Waals surface area contributed by atoms with Crippen LogP contribution >= 0.6 is 0 Å². The lowest BCUT2D eigenvalue weighted by Crippen LogP contribution is -2.14. The first-order chi connectivity index (χ1) is 7.79. The Balaban J connectivity index is 2.22. The van der Waals surface area contributed by atoms with E-state index in [-0.39, 0.29) is 0 Å². The number of aryl methyl sites for hydroxylation is 1. The maximum absolute atomic E-state index is 5.49. The summed E-state index contributed by atoms with van der Waals surface area (Å²) in [5.74, 6) is 2.18. The van der Waals surface area contributed by atoms with E-state index >= 15 is 0 Å². The summed E-state index contributed by atoms with van der Waals surface area (Å²) >= 11 is 0. The molecule has 0 aromatic carbocycles. The third-order valence-corrected chi connectivity index (χ3v) is 2.08. The van der Waals surface area contributed by atoms with Crippen LogP contribution in [0, 0.1) is 6.92 Å². The van der Waals surface area contributed by atoms with Crippen molar-refractivity contribution < 1.29 is 4.42 Å². The highest BCUT2D eigenvalue weighted by Crippen LogP contribution is 2.19. The number of nitrogens with one attached hydrogen (secondary N) is 1. The van der Waals surface area contributed by atoms with Gasteiger partial charge < -0.3 is 15.5 Å². The van der Waals surface area contributed by atoms with Crippen LogP contribution in [0.3, 0.4) is 0 Å². The fourth-order valence-corrected chi connectivity index (χ4v) is 1.34. The van der Waals surface area contributed by atoms with Crippen molar-refractivity contribution in [2.24, 2.45) is 5.73 Å². The van der Waals surface area contributed by atoms with Crippen molar-refractivity contribution in [3.63, 3.8) is 0 Å². The molecule has 2 aromatic rings. The number of furan rings is 1. The molecule has 0 fully saturated rings. The van der Waals surface area contributed by atoms with E-state index in [9.17, 15) is 0 Å². The van der Waals surface area contributed by atoms with Crippen molar-refractivity contribution in [3.05, 3.63) is 30.2 Å². The van der Waals surface area contributed by atoms with Gasteiger partial charge in [-0.15, -0.1) is 0 Å². The summed E-state index contributed by atoms with van der Waals surface area (Å²) in [7, 11) is 0. The highest BCUT2D eigenvalue weighted by Gasteiger charge is 2.05. The molecule has 0 aliphatic carbocycles. The zero-order valence-corrected chi connectivity index (χ0v) is 9.10. The van der Waals surface area contributed by atoms with E-state index in [4.69, 9.17) is 10.2 Å². The van der Waals surface area contributed by atoms with Crippen molar-refractivity contribution in [2.75, 3.05) is 18.4 Å². The average Bonchev–Trinajstić information content (AvgIpc) is 2.74. The molecule has 0 atom stereocenters. The summed E-state index contributed by atoms with van der Waals surface area (Å²) in [5, 5.41) is 3.02. The number of rotatable bonds is 4. The second-order valence-corrected chi connectivity index (χ2v) is 3.39. The number of nitrogens with zero attached hydrogens (tertiary/aromatic N) is 2. The Morgan fingerprint density at radius 3 is 2.94 bits per heavy atom. The van der Waals surface area contributed by atoms with Gasteiger partial charge in [0.2, 0.25) is 5.95 Å². The lowest BCUT2D eigenvalue weighted by atomic mass is 10.3. The Labute approximate surface area is 93.7 Å². The standard InChI is InChI=1S/C11H14N4O/c1-8-2-3-10(16-8)9-4-6-13-11(15-9)14-7-5-12/h2-4,6H,5,7,12H2,1H3,(H,13,14,15). The summed E-state index contributed by atoms with van der Waals surface area (Å²) < 4.78 is 5.49. The number of aromatic nitrogens is 2. The number of hydrogen-bond donors (Lipinski definition) is 2. The Bertz CT molecular complexity index is 467. The number of hydrogen-bond acceptors (Lipinski definition) is 5. The molecule has 0 spiro atoms. The van der Waals surface area contributed by atoms with Crippen LogP contribution in [-0.4, -0.2) is 23.1 Å². The van der Waals surface area contributed by atoms with Crippen molar-refractivity contribution in [1.82, 2.24) is 9.97 Å². The van der Waals surface area contributed by atoms with Crippen LogP contribution < -0.4 is 11.1 Å². The van der Waals surface area contributed by atoms with Crippen molar-refractivity contribution in [1.29, 1.82) is 0 Å². The Morgan fingerprint density at radius 2 is 2.25 bits per heavy atom. The van der Waals surface area contributed by atoms with Gasteiger partial charge in [0, 0.05) is 19.3 Å². The lowest BCUT2D eigenvalue weighted by Gasteiger charge is -2.03. The topological polar surface area (TPSA) is 77.0 Å². The van der Waals surface area contributed by atoms with Crippen LogP contribution in [0.4, 0.5) is 5.95 Å². The molecule has 0 saturated carbocycles. The predicted octanol–water partition coefficient (Wildman–Crippen LogP) is 1.42. The van der Waals surface area contributed by atoms with E-state index in [1.165, 1.54) is 0 Å². The summed E-state index contributed by atoms with van der Waals surface area (Å²) in [6.07, 6.45) is 1.69. The molecular formula is C11H14N4O. The molecule has 5 nitrogen and oxygen atoms in total. The van der Waals surface area contributed by atoms with Gasteiger partial charge in [0.15, 0.2) is 5.76 Å². The second-order valence-electron chi connectivity index (χ2n) is 3.39. The van der Waals surface area contributed by atoms with Gasteiger partial charge in [-0.2, -0.15) is 0 Å². The molecule has 3 N–H and O–H groups in total. The van der Waals surface area contributed by atoms with E-state index in [0.29, 0.717) is 19.0 Å². The lowest BCUT2D eigenvalue weighted by molar-refractivity contribution is 0.546. The van der Waals surface area contributed by atoms with E-state index in [1.54, 1.807) is 6.20 Å². The number of nitrogens with two attached hydrogens (primary N) is 1. The first-order valence-electron chi connectivity index (χ1n) is 5.13. The smallest absolute Gasteiger partial charge is 0.223 e. The zero-order chi connectivity index (χ0) is 11.4. The second kappa shape index (κ2) is 4.76. The van der Waals surface area contributed by atoms with Gasteiger partial charge in [-0.05, 0) is 25.1 Å². The van der Waals surface area contributed by atoms with E-state index in [0.717, 1.165) is 17.2 Å². The van der Waals surface area contributed by atoms with Gasteiger partial charge >= 0.3 is 0 Å². The molecule has 0 unspecified atom stereocenters. The Morgan fingerprint density at radius 1 is 1.38 bits per heavy atom. The molecule has 0 bridgehead atoms. The van der Waals surface area contributed by atoms with Crippen molar-refractivity contribution >= 4 is 5.95 Å². The highest BCUT2D eigenvalue weighted by molar-refractivity contribution is 5.53. The summed E-state index contributed by atoms with van der Waals surface area (Å²) in [6, 6.07) is 5.61. The molecule has 2 rings (SSSR count). The molecule has 84 valence electrons. The molecule has 0 saturated heterocycles. The van der Waals surface area contributed by atoms with Gasteiger partial charge in [0.1, 0.15) is 11.5 Å². The molecule has 16 heavy (non-hydrogen) atoms. The van der Waals surface area contributed by atoms with E-state index < -0.39 is 0 Å². The third-order valence-electron chi connectivity index (χ3n) is 2.08. The fraction of sp³-hybridized carbons (Fsp3) is 0.273. The monoisotopic (exact) mass is 218 g/mol. The van der Waals surface area contributed by atoms with Gasteiger partial charge in [-0.1, -0.05) is 0 Å². The molecule has 0 radical (unpaired) electrons. The minimum atomic E-state index is 0.549. The number of anilines is 1.